The molecule has 43 heavy (non-hydrogen) atoms. The number of nitrogens with one attached hydrogen (secondary N) is 1. The second-order valence-corrected chi connectivity index (χ2v) is 12.0. The Morgan fingerprint density at radius 1 is 1.09 bits per heavy atom. The number of pyridine rings is 2. The summed E-state index contributed by atoms with van der Waals surface area (Å²) >= 11 is 0. The van der Waals surface area contributed by atoms with Gasteiger partial charge in [-0.05, 0) is 56.5 Å². The normalized spacial score (nSPS) is 24.2. The summed E-state index contributed by atoms with van der Waals surface area (Å²) in [4.78, 5) is 28.2. The minimum atomic E-state index is -3.12. The molecule has 1 saturated carbocycles. The number of piperidine rings is 2. The Balaban J connectivity index is 1.37. The molecule has 5 heterocycles. The number of fused-ring (bicyclic) bond motifs is 3. The number of alkyl halides is 2. The standard InChI is InChI=1S/C31H33F3N6O3/c32-24-25(22-16-40(29(33)34)28(42)20-8-2-1-7-19(20)22)36-14-21-26(24)37-30(38-27(21)39-13-4-6-18(41)15-39)43-17-31-10-3-9-23(31)35-12-5-11-31/h1-2,7-8,14,16,18,23,29,35,41H,3-6,9-13,15,17H2. The first-order valence-corrected chi connectivity index (χ1v) is 14.9. The zero-order valence-electron chi connectivity index (χ0n) is 23.6. The number of hydrogen-bond acceptors (Lipinski definition) is 8. The monoisotopic (exact) mass is 594 g/mol. The van der Waals surface area contributed by atoms with Gasteiger partial charge in [0.25, 0.3) is 5.56 Å². The van der Waals surface area contributed by atoms with E-state index in [9.17, 15) is 18.7 Å². The van der Waals surface area contributed by atoms with Gasteiger partial charge < -0.3 is 20.1 Å². The van der Waals surface area contributed by atoms with Crippen molar-refractivity contribution in [2.24, 2.45) is 5.41 Å². The number of ether oxygens (including phenoxy) is 1. The van der Waals surface area contributed by atoms with Crippen LogP contribution in [0.1, 0.15) is 51.5 Å². The smallest absolute Gasteiger partial charge is 0.321 e. The first kappa shape index (κ1) is 28.0. The fourth-order valence-electron chi connectivity index (χ4n) is 7.23. The van der Waals surface area contributed by atoms with Crippen LogP contribution in [-0.4, -0.2) is 63.0 Å². The van der Waals surface area contributed by atoms with Crippen molar-refractivity contribution in [2.45, 2.75) is 63.6 Å². The third-order valence-corrected chi connectivity index (χ3v) is 9.39. The Morgan fingerprint density at radius 3 is 2.72 bits per heavy atom. The Hall–Kier alpha value is -3.77. The van der Waals surface area contributed by atoms with Crippen LogP contribution in [0.5, 0.6) is 6.01 Å². The molecule has 3 aromatic heterocycles. The van der Waals surface area contributed by atoms with Crippen molar-refractivity contribution in [1.29, 1.82) is 0 Å². The number of nitrogens with zero attached hydrogens (tertiary/aromatic N) is 5. The molecule has 3 aliphatic rings. The Morgan fingerprint density at radius 2 is 1.91 bits per heavy atom. The highest BCUT2D eigenvalue weighted by Gasteiger charge is 2.45. The maximum atomic E-state index is 16.6. The van der Waals surface area contributed by atoms with Crippen LogP contribution in [0.25, 0.3) is 32.9 Å². The van der Waals surface area contributed by atoms with E-state index in [1.807, 2.05) is 4.90 Å². The van der Waals surface area contributed by atoms with Gasteiger partial charge in [-0.2, -0.15) is 18.7 Å². The third kappa shape index (κ3) is 4.90. The number of benzene rings is 1. The van der Waals surface area contributed by atoms with Gasteiger partial charge in [0.1, 0.15) is 17.0 Å². The molecule has 0 amide bonds. The lowest BCUT2D eigenvalue weighted by Crippen LogP contribution is -2.49. The van der Waals surface area contributed by atoms with Crippen LogP contribution in [0.15, 0.2) is 41.5 Å². The van der Waals surface area contributed by atoms with E-state index in [1.54, 1.807) is 18.2 Å². The summed E-state index contributed by atoms with van der Waals surface area (Å²) in [6.07, 6.45) is 8.49. The molecular formula is C31H33F3N6O3. The lowest BCUT2D eigenvalue weighted by molar-refractivity contribution is 0.0670. The number of anilines is 1. The van der Waals surface area contributed by atoms with E-state index < -0.39 is 24.0 Å². The van der Waals surface area contributed by atoms with Gasteiger partial charge >= 0.3 is 12.6 Å². The number of hydrogen-bond donors (Lipinski definition) is 2. The Kier molecular flexibility index (Phi) is 7.21. The van der Waals surface area contributed by atoms with Gasteiger partial charge in [0, 0.05) is 47.9 Å². The minimum Gasteiger partial charge on any atom is -0.463 e. The van der Waals surface area contributed by atoms with Crippen molar-refractivity contribution in [1.82, 2.24) is 24.8 Å². The molecule has 1 aromatic carbocycles. The first-order valence-electron chi connectivity index (χ1n) is 14.9. The summed E-state index contributed by atoms with van der Waals surface area (Å²) in [5, 5.41) is 14.7. The minimum absolute atomic E-state index is 0.0200. The molecule has 3 unspecified atom stereocenters. The molecular weight excluding hydrogens is 561 g/mol. The molecule has 2 saturated heterocycles. The zero-order valence-corrected chi connectivity index (χ0v) is 23.6. The van der Waals surface area contributed by atoms with Crippen molar-refractivity contribution < 1.29 is 23.0 Å². The highest BCUT2D eigenvalue weighted by molar-refractivity contribution is 5.98. The largest absolute Gasteiger partial charge is 0.463 e. The van der Waals surface area contributed by atoms with E-state index in [2.05, 4.69) is 15.3 Å². The number of aromatic nitrogens is 4. The van der Waals surface area contributed by atoms with Crippen molar-refractivity contribution in [3.8, 4) is 17.3 Å². The molecule has 2 N–H and O–H groups in total. The number of rotatable bonds is 6. The maximum Gasteiger partial charge on any atom is 0.321 e. The van der Waals surface area contributed by atoms with Gasteiger partial charge in [0.15, 0.2) is 5.82 Å². The molecule has 226 valence electrons. The number of aliphatic hydroxyl groups is 1. The molecule has 7 rings (SSSR count). The maximum absolute atomic E-state index is 16.6. The van der Waals surface area contributed by atoms with E-state index in [0.717, 1.165) is 51.3 Å². The van der Waals surface area contributed by atoms with Crippen LogP contribution in [0, 0.1) is 11.2 Å². The van der Waals surface area contributed by atoms with Crippen molar-refractivity contribution >= 4 is 27.5 Å². The van der Waals surface area contributed by atoms with Gasteiger partial charge in [-0.1, -0.05) is 24.6 Å². The molecule has 12 heteroatoms. The number of aliphatic hydroxyl groups excluding tert-OH is 1. The summed E-state index contributed by atoms with van der Waals surface area (Å²) in [6.45, 7) is -0.830. The van der Waals surface area contributed by atoms with Crippen LogP contribution in [-0.2, 0) is 0 Å². The molecule has 3 fully saturated rings. The van der Waals surface area contributed by atoms with Crippen LogP contribution in [0.4, 0.5) is 19.0 Å². The number of β-amino-alcohol motifs (C(OH)–C–C–N with tert-alkyl or cyclic N) is 1. The van der Waals surface area contributed by atoms with Crippen LogP contribution < -0.4 is 20.5 Å². The quantitative estimate of drug-likeness (QED) is 0.328. The molecule has 4 aromatic rings. The highest BCUT2D eigenvalue weighted by atomic mass is 19.3. The Bertz CT molecular complexity index is 1750. The zero-order chi connectivity index (χ0) is 29.7. The molecule has 1 aliphatic carbocycles. The topological polar surface area (TPSA) is 105 Å². The number of halogens is 3. The summed E-state index contributed by atoms with van der Waals surface area (Å²) in [6, 6.07) is 6.61. The third-order valence-electron chi connectivity index (χ3n) is 9.39. The molecule has 0 bridgehead atoms. The average Bonchev–Trinajstić information content (AvgIpc) is 3.45. The van der Waals surface area contributed by atoms with Crippen LogP contribution in [0.3, 0.4) is 0 Å². The SMILES string of the molecule is O=c1c2ccccc2c(-c2ncc3c(N4CCCC(O)C4)nc(OCC45CCCNC4CCC5)nc3c2F)cn1C(F)F. The van der Waals surface area contributed by atoms with Crippen molar-refractivity contribution in [3.63, 3.8) is 0 Å². The van der Waals surface area contributed by atoms with Crippen LogP contribution in [0.2, 0.25) is 0 Å². The summed E-state index contributed by atoms with van der Waals surface area (Å²) in [5.74, 6) is -0.425. The second kappa shape index (κ2) is 11.1. The molecule has 0 spiro atoms. The second-order valence-electron chi connectivity index (χ2n) is 12.0. The summed E-state index contributed by atoms with van der Waals surface area (Å²) in [5.41, 5.74) is -1.14. The lowest BCUT2D eigenvalue weighted by Gasteiger charge is -2.39. The van der Waals surface area contributed by atoms with E-state index in [-0.39, 0.29) is 38.2 Å². The van der Waals surface area contributed by atoms with Gasteiger partial charge in [0.2, 0.25) is 0 Å². The van der Waals surface area contributed by atoms with Gasteiger partial charge in [-0.25, -0.2) is 4.39 Å². The molecule has 9 nitrogen and oxygen atoms in total. The highest BCUT2D eigenvalue weighted by Crippen LogP contribution is 2.44. The van der Waals surface area contributed by atoms with Gasteiger partial charge in [-0.3, -0.25) is 14.3 Å². The molecule has 2 aliphatic heterocycles. The summed E-state index contributed by atoms with van der Waals surface area (Å²) < 4.78 is 50.8. The van der Waals surface area contributed by atoms with E-state index in [1.165, 1.54) is 12.3 Å². The van der Waals surface area contributed by atoms with Crippen LogP contribution >= 0.6 is 0 Å². The van der Waals surface area contributed by atoms with E-state index >= 15 is 4.39 Å². The summed E-state index contributed by atoms with van der Waals surface area (Å²) in [7, 11) is 0. The molecule has 3 atom stereocenters. The average molecular weight is 595 g/mol. The lowest BCUT2D eigenvalue weighted by atomic mass is 9.76. The predicted octanol–water partition coefficient (Wildman–Crippen LogP) is 4.80. The van der Waals surface area contributed by atoms with E-state index in [4.69, 9.17) is 9.72 Å². The Labute approximate surface area is 245 Å². The van der Waals surface area contributed by atoms with Gasteiger partial charge in [0.05, 0.1) is 18.1 Å². The van der Waals surface area contributed by atoms with Crippen molar-refractivity contribution in [3.05, 3.63) is 52.8 Å². The first-order chi connectivity index (χ1) is 20.8. The fourth-order valence-corrected chi connectivity index (χ4v) is 7.23. The molecule has 0 radical (unpaired) electrons. The van der Waals surface area contributed by atoms with Crippen molar-refractivity contribution in [2.75, 3.05) is 31.1 Å². The van der Waals surface area contributed by atoms with Gasteiger partial charge in [-0.15, -0.1) is 0 Å². The van der Waals surface area contributed by atoms with E-state index in [0.29, 0.717) is 48.7 Å². The fraction of sp³-hybridized carbons (Fsp3) is 0.484. The predicted molar refractivity (Wildman–Crippen MR) is 156 cm³/mol.